The highest BCUT2D eigenvalue weighted by atomic mass is 35.5. The molecule has 17 heavy (non-hydrogen) atoms. The normalized spacial score (nSPS) is 10.6. The fraction of sp³-hybridized carbons (Fsp3) is 0.231. The fourth-order valence-corrected chi connectivity index (χ4v) is 1.57. The molecule has 0 aliphatic carbocycles. The lowest BCUT2D eigenvalue weighted by Crippen LogP contribution is -1.92. The summed E-state index contributed by atoms with van der Waals surface area (Å²) in [7, 11) is 0. The van der Waals surface area contributed by atoms with Gasteiger partial charge in [0.05, 0.1) is 12.4 Å². The lowest BCUT2D eigenvalue weighted by Gasteiger charge is -2.08. The van der Waals surface area contributed by atoms with E-state index in [1.54, 1.807) is 0 Å². The predicted molar refractivity (Wildman–Crippen MR) is 67.6 cm³/mol. The molecule has 0 atom stereocenters. The SMILES string of the molecule is CC(C)c1cccc(Oc2cncc(Cl)n2)c1. The van der Waals surface area contributed by atoms with Crippen LogP contribution in [0.2, 0.25) is 5.15 Å². The molecule has 0 radical (unpaired) electrons. The molecule has 0 aliphatic rings. The van der Waals surface area contributed by atoms with Crippen LogP contribution >= 0.6 is 11.6 Å². The van der Waals surface area contributed by atoms with E-state index in [0.717, 1.165) is 5.75 Å². The van der Waals surface area contributed by atoms with Gasteiger partial charge in [0.1, 0.15) is 5.75 Å². The van der Waals surface area contributed by atoms with Crippen molar-refractivity contribution in [3.63, 3.8) is 0 Å². The maximum atomic E-state index is 5.74. The molecule has 1 aromatic heterocycles. The molecule has 0 bridgehead atoms. The molecule has 0 fully saturated rings. The average molecular weight is 249 g/mol. The first-order valence-corrected chi connectivity index (χ1v) is 5.78. The van der Waals surface area contributed by atoms with Crippen molar-refractivity contribution in [2.45, 2.75) is 19.8 Å². The molecule has 0 aliphatic heterocycles. The second-order valence-corrected chi connectivity index (χ2v) is 4.40. The van der Waals surface area contributed by atoms with Crippen molar-refractivity contribution in [1.29, 1.82) is 0 Å². The lowest BCUT2D eigenvalue weighted by atomic mass is 10.0. The molecule has 2 rings (SSSR count). The van der Waals surface area contributed by atoms with E-state index in [1.807, 2.05) is 18.2 Å². The Balaban J connectivity index is 2.21. The minimum Gasteiger partial charge on any atom is -0.437 e. The number of aromatic nitrogens is 2. The van der Waals surface area contributed by atoms with E-state index in [2.05, 4.69) is 29.9 Å². The Morgan fingerprint density at radius 3 is 2.76 bits per heavy atom. The number of ether oxygens (including phenoxy) is 1. The molecule has 3 nitrogen and oxygen atoms in total. The third kappa shape index (κ3) is 3.17. The highest BCUT2D eigenvalue weighted by molar-refractivity contribution is 6.29. The summed E-state index contributed by atoms with van der Waals surface area (Å²) in [6.45, 7) is 4.27. The van der Waals surface area contributed by atoms with Crippen LogP contribution in [0.5, 0.6) is 11.6 Å². The van der Waals surface area contributed by atoms with Crippen molar-refractivity contribution in [2.24, 2.45) is 0 Å². The van der Waals surface area contributed by atoms with Crippen molar-refractivity contribution in [3.8, 4) is 11.6 Å². The Morgan fingerprint density at radius 2 is 2.06 bits per heavy atom. The van der Waals surface area contributed by atoms with Gasteiger partial charge in [-0.3, -0.25) is 4.98 Å². The first-order chi connectivity index (χ1) is 8.15. The molecule has 1 heterocycles. The van der Waals surface area contributed by atoms with Gasteiger partial charge in [-0.2, -0.15) is 4.98 Å². The fourth-order valence-electron chi connectivity index (χ4n) is 1.43. The minimum absolute atomic E-state index is 0.322. The zero-order chi connectivity index (χ0) is 12.3. The molecule has 0 unspecified atom stereocenters. The van der Waals surface area contributed by atoms with Crippen molar-refractivity contribution in [1.82, 2.24) is 9.97 Å². The summed E-state index contributed by atoms with van der Waals surface area (Å²) in [4.78, 5) is 7.94. The second-order valence-electron chi connectivity index (χ2n) is 4.01. The summed E-state index contributed by atoms with van der Waals surface area (Å²) >= 11 is 5.74. The predicted octanol–water partition coefficient (Wildman–Crippen LogP) is 4.05. The largest absolute Gasteiger partial charge is 0.437 e. The first kappa shape index (κ1) is 11.9. The van der Waals surface area contributed by atoms with Gasteiger partial charge in [0, 0.05) is 0 Å². The Bertz CT molecular complexity index is 514. The summed E-state index contributed by atoms with van der Waals surface area (Å²) in [5.74, 6) is 1.61. The average Bonchev–Trinajstić information content (AvgIpc) is 2.29. The number of halogens is 1. The van der Waals surface area contributed by atoms with Gasteiger partial charge in [0.25, 0.3) is 0 Å². The molecule has 88 valence electrons. The van der Waals surface area contributed by atoms with Crippen LogP contribution in [-0.4, -0.2) is 9.97 Å². The van der Waals surface area contributed by atoms with E-state index in [1.165, 1.54) is 18.0 Å². The Labute approximate surface area is 105 Å². The highest BCUT2D eigenvalue weighted by Gasteiger charge is 2.03. The van der Waals surface area contributed by atoms with E-state index in [0.29, 0.717) is 17.0 Å². The molecule has 2 aromatic rings. The topological polar surface area (TPSA) is 35.0 Å². The lowest BCUT2D eigenvalue weighted by molar-refractivity contribution is 0.459. The van der Waals surface area contributed by atoms with Gasteiger partial charge in [-0.05, 0) is 23.6 Å². The van der Waals surface area contributed by atoms with Crippen LogP contribution in [0.25, 0.3) is 0 Å². The zero-order valence-corrected chi connectivity index (χ0v) is 10.5. The van der Waals surface area contributed by atoms with Crippen LogP contribution in [0.15, 0.2) is 36.7 Å². The Hall–Kier alpha value is -1.61. The Morgan fingerprint density at radius 1 is 1.24 bits per heavy atom. The number of hydrogen-bond donors (Lipinski definition) is 0. The number of hydrogen-bond acceptors (Lipinski definition) is 3. The van der Waals surface area contributed by atoms with Gasteiger partial charge in [-0.25, -0.2) is 0 Å². The van der Waals surface area contributed by atoms with Crippen LogP contribution in [0.4, 0.5) is 0 Å². The molecular weight excluding hydrogens is 236 g/mol. The summed E-state index contributed by atoms with van der Waals surface area (Å²) in [5.41, 5.74) is 1.22. The smallest absolute Gasteiger partial charge is 0.239 e. The maximum absolute atomic E-state index is 5.74. The van der Waals surface area contributed by atoms with Crippen LogP contribution in [0.3, 0.4) is 0 Å². The van der Waals surface area contributed by atoms with Crippen molar-refractivity contribution < 1.29 is 4.74 Å². The molecule has 0 spiro atoms. The van der Waals surface area contributed by atoms with E-state index >= 15 is 0 Å². The van der Waals surface area contributed by atoms with Crippen molar-refractivity contribution in [3.05, 3.63) is 47.4 Å². The molecular formula is C13H13ClN2O. The monoisotopic (exact) mass is 248 g/mol. The van der Waals surface area contributed by atoms with Gasteiger partial charge >= 0.3 is 0 Å². The van der Waals surface area contributed by atoms with Crippen LogP contribution in [0, 0.1) is 0 Å². The van der Waals surface area contributed by atoms with Crippen molar-refractivity contribution >= 4 is 11.6 Å². The minimum atomic E-state index is 0.322. The summed E-state index contributed by atoms with van der Waals surface area (Å²) in [6, 6.07) is 7.91. The van der Waals surface area contributed by atoms with Gasteiger partial charge in [-0.1, -0.05) is 37.6 Å². The van der Waals surface area contributed by atoms with Crippen molar-refractivity contribution in [2.75, 3.05) is 0 Å². The van der Waals surface area contributed by atoms with E-state index < -0.39 is 0 Å². The second kappa shape index (κ2) is 5.15. The number of benzene rings is 1. The summed E-state index contributed by atoms with van der Waals surface area (Å²) in [5, 5.41) is 0.322. The van der Waals surface area contributed by atoms with E-state index in [4.69, 9.17) is 16.3 Å². The zero-order valence-electron chi connectivity index (χ0n) is 9.72. The van der Waals surface area contributed by atoms with Gasteiger partial charge in [0.2, 0.25) is 5.88 Å². The number of rotatable bonds is 3. The molecule has 4 heteroatoms. The molecule has 0 saturated heterocycles. The van der Waals surface area contributed by atoms with E-state index in [-0.39, 0.29) is 0 Å². The van der Waals surface area contributed by atoms with Crippen LogP contribution in [0.1, 0.15) is 25.3 Å². The third-order valence-electron chi connectivity index (χ3n) is 2.33. The third-order valence-corrected chi connectivity index (χ3v) is 2.51. The molecule has 0 N–H and O–H groups in total. The molecule has 1 aromatic carbocycles. The van der Waals surface area contributed by atoms with Gasteiger partial charge in [-0.15, -0.1) is 0 Å². The van der Waals surface area contributed by atoms with Gasteiger partial charge in [0.15, 0.2) is 5.15 Å². The highest BCUT2D eigenvalue weighted by Crippen LogP contribution is 2.24. The molecule has 0 saturated carbocycles. The first-order valence-electron chi connectivity index (χ1n) is 5.40. The Kier molecular flexibility index (Phi) is 3.59. The van der Waals surface area contributed by atoms with Crippen LogP contribution < -0.4 is 4.74 Å². The van der Waals surface area contributed by atoms with E-state index in [9.17, 15) is 0 Å². The van der Waals surface area contributed by atoms with Gasteiger partial charge < -0.3 is 4.74 Å². The standard InChI is InChI=1S/C13H13ClN2O/c1-9(2)10-4-3-5-11(6-10)17-13-8-15-7-12(14)16-13/h3-9H,1-2H3. The quantitative estimate of drug-likeness (QED) is 0.822. The molecule has 0 amide bonds. The summed E-state index contributed by atoms with van der Waals surface area (Å²) in [6.07, 6.45) is 3.01. The summed E-state index contributed by atoms with van der Waals surface area (Å²) < 4.78 is 5.59. The van der Waals surface area contributed by atoms with Crippen LogP contribution in [-0.2, 0) is 0 Å². The maximum Gasteiger partial charge on any atom is 0.239 e. The number of nitrogens with zero attached hydrogens (tertiary/aromatic N) is 2.